The minimum absolute atomic E-state index is 0.259. The van der Waals surface area contributed by atoms with Gasteiger partial charge in [-0.25, -0.2) is 4.79 Å². The molecule has 2 aromatic rings. The molecule has 0 bridgehead atoms. The Bertz CT molecular complexity index is 743. The Morgan fingerprint density at radius 1 is 1.04 bits per heavy atom. The van der Waals surface area contributed by atoms with Gasteiger partial charge in [-0.05, 0) is 41.2 Å². The van der Waals surface area contributed by atoms with E-state index in [1.165, 1.54) is 23.5 Å². The van der Waals surface area contributed by atoms with E-state index in [1.54, 1.807) is 12.1 Å². The highest BCUT2D eigenvalue weighted by atomic mass is 32.2. The number of hydrogen-bond acceptors (Lipinski definition) is 4. The Balaban J connectivity index is 1.64. The summed E-state index contributed by atoms with van der Waals surface area (Å²) in [5, 5.41) is 12.1. The minimum Gasteiger partial charge on any atom is -0.480 e. The lowest BCUT2D eigenvalue weighted by atomic mass is 10.1. The molecular formula is C20H21NO3S2. The molecule has 1 aliphatic rings. The second-order valence-electron chi connectivity index (χ2n) is 6.10. The summed E-state index contributed by atoms with van der Waals surface area (Å²) < 4.78 is 0.422. The summed E-state index contributed by atoms with van der Waals surface area (Å²) in [6.45, 7) is 0. The molecule has 2 N–H and O–H groups in total. The Labute approximate surface area is 161 Å². The van der Waals surface area contributed by atoms with Crippen molar-refractivity contribution < 1.29 is 14.7 Å². The number of thioether (sulfide) groups is 2. The van der Waals surface area contributed by atoms with Crippen LogP contribution in [0.2, 0.25) is 0 Å². The number of rotatable bonds is 6. The van der Waals surface area contributed by atoms with E-state index in [0.29, 0.717) is 10.1 Å². The molecule has 0 spiro atoms. The fourth-order valence-corrected chi connectivity index (χ4v) is 5.66. The van der Waals surface area contributed by atoms with Crippen molar-refractivity contribution in [3.63, 3.8) is 0 Å². The van der Waals surface area contributed by atoms with Gasteiger partial charge in [-0.1, -0.05) is 42.5 Å². The van der Waals surface area contributed by atoms with E-state index >= 15 is 0 Å². The largest absolute Gasteiger partial charge is 0.480 e. The van der Waals surface area contributed by atoms with Crippen LogP contribution in [0, 0.1) is 0 Å². The number of carbonyl (C=O) groups is 2. The van der Waals surface area contributed by atoms with E-state index in [-0.39, 0.29) is 12.3 Å². The van der Waals surface area contributed by atoms with Gasteiger partial charge in [0.1, 0.15) is 6.04 Å². The standard InChI is InChI=1S/C20H21NO3S2/c22-18(21-17(19(23)24)13-14-5-2-1-3-6-14)15-7-9-16(10-8-15)20-25-11-4-12-26-20/h1-3,5-10,17,20H,4,11-13H2,(H,21,22)(H,23,24). The second kappa shape index (κ2) is 9.14. The maximum Gasteiger partial charge on any atom is 0.326 e. The Morgan fingerprint density at radius 3 is 2.31 bits per heavy atom. The van der Waals surface area contributed by atoms with Crippen LogP contribution in [0.3, 0.4) is 0 Å². The molecule has 4 nitrogen and oxygen atoms in total. The number of carboxylic acid groups (broad SMARTS) is 1. The van der Waals surface area contributed by atoms with Gasteiger partial charge in [-0.15, -0.1) is 23.5 Å². The van der Waals surface area contributed by atoms with Crippen molar-refractivity contribution in [3.8, 4) is 0 Å². The molecule has 6 heteroatoms. The van der Waals surface area contributed by atoms with E-state index in [2.05, 4.69) is 5.32 Å². The van der Waals surface area contributed by atoms with Gasteiger partial charge in [0.25, 0.3) is 5.91 Å². The zero-order valence-electron chi connectivity index (χ0n) is 14.3. The zero-order chi connectivity index (χ0) is 18.4. The van der Waals surface area contributed by atoms with E-state index in [9.17, 15) is 14.7 Å². The fourth-order valence-electron chi connectivity index (χ4n) is 2.76. The first-order valence-corrected chi connectivity index (χ1v) is 10.6. The van der Waals surface area contributed by atoms with Crippen LogP contribution in [-0.4, -0.2) is 34.5 Å². The van der Waals surface area contributed by atoms with Crippen LogP contribution < -0.4 is 5.32 Å². The predicted octanol–water partition coefficient (Wildman–Crippen LogP) is 3.98. The van der Waals surface area contributed by atoms with Crippen molar-refractivity contribution in [3.05, 3.63) is 71.3 Å². The normalized spacial score (nSPS) is 16.0. The molecule has 0 saturated carbocycles. The van der Waals surface area contributed by atoms with Crippen molar-refractivity contribution in [1.82, 2.24) is 5.32 Å². The van der Waals surface area contributed by atoms with E-state index in [1.807, 2.05) is 66.0 Å². The summed E-state index contributed by atoms with van der Waals surface area (Å²) in [5.74, 6) is 0.942. The predicted molar refractivity (Wildman–Crippen MR) is 108 cm³/mol. The van der Waals surface area contributed by atoms with Gasteiger partial charge in [0, 0.05) is 12.0 Å². The SMILES string of the molecule is O=C(NC(Cc1ccccc1)C(=O)O)c1ccc(C2SCCCS2)cc1. The summed E-state index contributed by atoms with van der Waals surface area (Å²) >= 11 is 3.86. The molecule has 0 aliphatic carbocycles. The van der Waals surface area contributed by atoms with Gasteiger partial charge >= 0.3 is 5.97 Å². The van der Waals surface area contributed by atoms with Crippen LogP contribution in [0.1, 0.15) is 32.5 Å². The lowest BCUT2D eigenvalue weighted by Crippen LogP contribution is -2.42. The lowest BCUT2D eigenvalue weighted by Gasteiger charge is -2.21. The summed E-state index contributed by atoms with van der Waals surface area (Å²) in [6.07, 6.45) is 1.50. The molecule has 1 atom stereocenters. The molecule has 0 aromatic heterocycles. The monoisotopic (exact) mass is 387 g/mol. The van der Waals surface area contributed by atoms with E-state index in [0.717, 1.165) is 5.56 Å². The molecule has 3 rings (SSSR count). The number of carboxylic acids is 1. The first-order chi connectivity index (χ1) is 12.6. The third-order valence-electron chi connectivity index (χ3n) is 4.16. The van der Waals surface area contributed by atoms with Crippen molar-refractivity contribution in [2.75, 3.05) is 11.5 Å². The average Bonchev–Trinajstić information content (AvgIpc) is 2.69. The van der Waals surface area contributed by atoms with Gasteiger partial charge in [0.15, 0.2) is 0 Å². The van der Waals surface area contributed by atoms with Crippen molar-refractivity contribution in [2.45, 2.75) is 23.5 Å². The second-order valence-corrected chi connectivity index (χ2v) is 8.83. The number of aliphatic carboxylic acids is 1. The summed E-state index contributed by atoms with van der Waals surface area (Å²) in [4.78, 5) is 24.0. The third-order valence-corrected chi connectivity index (χ3v) is 7.17. The lowest BCUT2D eigenvalue weighted by molar-refractivity contribution is -0.139. The van der Waals surface area contributed by atoms with Gasteiger partial charge in [0.05, 0.1) is 4.58 Å². The fraction of sp³-hybridized carbons (Fsp3) is 0.300. The highest BCUT2D eigenvalue weighted by molar-refractivity contribution is 8.16. The van der Waals surface area contributed by atoms with Crippen LogP contribution in [-0.2, 0) is 11.2 Å². The van der Waals surface area contributed by atoms with Gasteiger partial charge < -0.3 is 10.4 Å². The molecule has 1 aliphatic heterocycles. The molecule has 1 saturated heterocycles. The van der Waals surface area contributed by atoms with Crippen molar-refractivity contribution in [1.29, 1.82) is 0 Å². The highest BCUT2D eigenvalue weighted by Crippen LogP contribution is 2.43. The third kappa shape index (κ3) is 5.05. The summed E-state index contributed by atoms with van der Waals surface area (Å²) in [6, 6.07) is 15.9. The molecular weight excluding hydrogens is 366 g/mol. The number of amides is 1. The van der Waals surface area contributed by atoms with Gasteiger partial charge in [-0.2, -0.15) is 0 Å². The molecule has 1 unspecified atom stereocenters. The van der Waals surface area contributed by atoms with E-state index in [4.69, 9.17) is 0 Å². The number of benzene rings is 2. The first kappa shape index (κ1) is 18.9. The van der Waals surface area contributed by atoms with Crippen LogP contribution >= 0.6 is 23.5 Å². The maximum atomic E-state index is 12.5. The number of hydrogen-bond donors (Lipinski definition) is 2. The summed E-state index contributed by atoms with van der Waals surface area (Å²) in [7, 11) is 0. The summed E-state index contributed by atoms with van der Waals surface area (Å²) in [5.41, 5.74) is 2.57. The maximum absolute atomic E-state index is 12.5. The number of nitrogens with one attached hydrogen (secondary N) is 1. The van der Waals surface area contributed by atoms with Gasteiger partial charge in [0.2, 0.25) is 0 Å². The minimum atomic E-state index is -1.03. The molecule has 0 radical (unpaired) electrons. The first-order valence-electron chi connectivity index (χ1n) is 8.54. The average molecular weight is 388 g/mol. The molecule has 1 heterocycles. The van der Waals surface area contributed by atoms with Crippen LogP contribution in [0.15, 0.2) is 54.6 Å². The molecule has 136 valence electrons. The molecule has 1 amide bonds. The Hall–Kier alpha value is -1.92. The van der Waals surface area contributed by atoms with Crippen LogP contribution in [0.4, 0.5) is 0 Å². The quantitative estimate of drug-likeness (QED) is 0.785. The van der Waals surface area contributed by atoms with Crippen molar-refractivity contribution >= 4 is 35.4 Å². The zero-order valence-corrected chi connectivity index (χ0v) is 15.9. The molecule has 2 aromatic carbocycles. The molecule has 26 heavy (non-hydrogen) atoms. The Morgan fingerprint density at radius 2 is 1.69 bits per heavy atom. The van der Waals surface area contributed by atoms with Crippen LogP contribution in [0.25, 0.3) is 0 Å². The number of carbonyl (C=O) groups excluding carboxylic acids is 1. The Kier molecular flexibility index (Phi) is 6.63. The molecule has 1 fully saturated rings. The highest BCUT2D eigenvalue weighted by Gasteiger charge is 2.22. The van der Waals surface area contributed by atoms with Crippen LogP contribution in [0.5, 0.6) is 0 Å². The topological polar surface area (TPSA) is 66.4 Å². The van der Waals surface area contributed by atoms with Crippen molar-refractivity contribution in [2.24, 2.45) is 0 Å². The smallest absolute Gasteiger partial charge is 0.326 e. The van der Waals surface area contributed by atoms with E-state index < -0.39 is 12.0 Å². The van der Waals surface area contributed by atoms with Gasteiger partial charge in [-0.3, -0.25) is 4.79 Å².